The van der Waals surface area contributed by atoms with Crippen LogP contribution in [-0.2, 0) is 0 Å². The Hall–Kier alpha value is -1.09. The molecule has 0 fully saturated rings. The highest BCUT2D eigenvalue weighted by atomic mass is 32.1. The van der Waals surface area contributed by atoms with E-state index < -0.39 is 0 Å². The van der Waals surface area contributed by atoms with Gasteiger partial charge in [-0.15, -0.1) is 11.3 Å². The molecule has 0 saturated heterocycles. The minimum atomic E-state index is 0.496. The maximum Gasteiger partial charge on any atom is 0.0813 e. The van der Waals surface area contributed by atoms with E-state index in [9.17, 15) is 0 Å². The molecule has 15 heavy (non-hydrogen) atoms. The molecule has 0 aliphatic heterocycles. The minimum absolute atomic E-state index is 0.496. The number of rotatable bonds is 3. The van der Waals surface area contributed by atoms with Crippen molar-refractivity contribution >= 4 is 27.2 Å². The minimum Gasteiger partial charge on any atom is -0.382 e. The molecule has 1 unspecified atom stereocenters. The van der Waals surface area contributed by atoms with Crippen LogP contribution in [0.25, 0.3) is 10.2 Å². The Morgan fingerprint density at radius 3 is 2.80 bits per heavy atom. The van der Waals surface area contributed by atoms with Gasteiger partial charge in [-0.25, -0.2) is 4.98 Å². The number of hydrogen-bond donors (Lipinski definition) is 1. The van der Waals surface area contributed by atoms with Crippen molar-refractivity contribution in [2.75, 3.05) is 5.32 Å². The van der Waals surface area contributed by atoms with Gasteiger partial charge in [0.05, 0.1) is 15.7 Å². The van der Waals surface area contributed by atoms with E-state index in [1.54, 1.807) is 11.3 Å². The quantitative estimate of drug-likeness (QED) is 0.852. The number of anilines is 1. The van der Waals surface area contributed by atoms with Crippen molar-refractivity contribution in [1.29, 1.82) is 0 Å². The summed E-state index contributed by atoms with van der Waals surface area (Å²) in [6.45, 7) is 6.66. The van der Waals surface area contributed by atoms with E-state index >= 15 is 0 Å². The highest BCUT2D eigenvalue weighted by molar-refractivity contribution is 7.16. The van der Waals surface area contributed by atoms with Crippen molar-refractivity contribution in [2.24, 2.45) is 5.92 Å². The van der Waals surface area contributed by atoms with E-state index in [0.29, 0.717) is 12.0 Å². The van der Waals surface area contributed by atoms with Gasteiger partial charge in [0.1, 0.15) is 0 Å². The van der Waals surface area contributed by atoms with Crippen molar-refractivity contribution in [3.05, 3.63) is 23.7 Å². The van der Waals surface area contributed by atoms with Gasteiger partial charge in [0.25, 0.3) is 0 Å². The van der Waals surface area contributed by atoms with Crippen LogP contribution >= 0.6 is 11.3 Å². The zero-order chi connectivity index (χ0) is 10.8. The molecule has 1 atom stereocenters. The first-order valence-electron chi connectivity index (χ1n) is 5.26. The summed E-state index contributed by atoms with van der Waals surface area (Å²) in [5, 5.41) is 3.50. The first-order chi connectivity index (χ1) is 7.16. The number of aromatic nitrogens is 1. The van der Waals surface area contributed by atoms with Gasteiger partial charge in [-0.2, -0.15) is 0 Å². The number of fused-ring (bicyclic) bond motifs is 1. The standard InChI is InChI=1S/C12H16N2S/c1-8(2)9(3)14-10-4-5-11-12(6-10)15-7-13-11/h4-9,14H,1-3H3. The second-order valence-electron chi connectivity index (χ2n) is 4.21. The van der Waals surface area contributed by atoms with Crippen LogP contribution in [0.5, 0.6) is 0 Å². The van der Waals surface area contributed by atoms with Crippen LogP contribution in [0.4, 0.5) is 5.69 Å². The molecule has 0 saturated carbocycles. The van der Waals surface area contributed by atoms with Crippen LogP contribution in [0.3, 0.4) is 0 Å². The van der Waals surface area contributed by atoms with E-state index in [1.165, 1.54) is 10.4 Å². The molecule has 2 rings (SSSR count). The second-order valence-corrected chi connectivity index (χ2v) is 5.10. The average Bonchev–Trinajstić information content (AvgIpc) is 2.64. The van der Waals surface area contributed by atoms with Gasteiger partial charge in [-0.1, -0.05) is 13.8 Å². The Balaban J connectivity index is 2.21. The van der Waals surface area contributed by atoms with Crippen LogP contribution < -0.4 is 5.32 Å². The normalized spacial score (nSPS) is 13.3. The third-order valence-electron chi connectivity index (χ3n) is 2.73. The number of nitrogens with zero attached hydrogens (tertiary/aromatic N) is 1. The Morgan fingerprint density at radius 2 is 2.07 bits per heavy atom. The maximum atomic E-state index is 4.26. The molecule has 2 nitrogen and oxygen atoms in total. The summed E-state index contributed by atoms with van der Waals surface area (Å²) in [5.74, 6) is 0.641. The zero-order valence-electron chi connectivity index (χ0n) is 9.32. The van der Waals surface area contributed by atoms with Gasteiger partial charge in [-0.05, 0) is 31.0 Å². The van der Waals surface area contributed by atoms with E-state index in [2.05, 4.69) is 49.3 Å². The molecular formula is C12H16N2S. The third kappa shape index (κ3) is 2.29. The smallest absolute Gasteiger partial charge is 0.0813 e. The van der Waals surface area contributed by atoms with E-state index in [1.807, 2.05) is 5.51 Å². The van der Waals surface area contributed by atoms with Crippen LogP contribution in [0.2, 0.25) is 0 Å². The summed E-state index contributed by atoms with van der Waals surface area (Å²) in [6, 6.07) is 6.84. The van der Waals surface area contributed by atoms with Crippen LogP contribution in [0.1, 0.15) is 20.8 Å². The molecule has 0 bridgehead atoms. The van der Waals surface area contributed by atoms with Crippen LogP contribution in [0, 0.1) is 5.92 Å². The molecule has 1 aromatic carbocycles. The Kier molecular flexibility index (Phi) is 2.91. The monoisotopic (exact) mass is 220 g/mol. The van der Waals surface area contributed by atoms with Gasteiger partial charge in [-0.3, -0.25) is 0 Å². The van der Waals surface area contributed by atoms with E-state index in [4.69, 9.17) is 0 Å². The van der Waals surface area contributed by atoms with Gasteiger partial charge in [0.2, 0.25) is 0 Å². The topological polar surface area (TPSA) is 24.9 Å². The summed E-state index contributed by atoms with van der Waals surface area (Å²) in [5.41, 5.74) is 4.16. The SMILES string of the molecule is CC(C)C(C)Nc1ccc2ncsc2c1. The Bertz CT molecular complexity index is 448. The van der Waals surface area contributed by atoms with Gasteiger partial charge >= 0.3 is 0 Å². The van der Waals surface area contributed by atoms with E-state index in [-0.39, 0.29) is 0 Å². The zero-order valence-corrected chi connectivity index (χ0v) is 10.1. The molecule has 0 amide bonds. The van der Waals surface area contributed by atoms with Crippen molar-refractivity contribution in [3.8, 4) is 0 Å². The lowest BCUT2D eigenvalue weighted by Gasteiger charge is -2.18. The largest absolute Gasteiger partial charge is 0.382 e. The van der Waals surface area contributed by atoms with Crippen molar-refractivity contribution in [1.82, 2.24) is 4.98 Å². The van der Waals surface area contributed by atoms with Crippen molar-refractivity contribution in [3.63, 3.8) is 0 Å². The summed E-state index contributed by atoms with van der Waals surface area (Å²) >= 11 is 1.69. The lowest BCUT2D eigenvalue weighted by Crippen LogP contribution is -2.21. The molecule has 0 spiro atoms. The van der Waals surface area contributed by atoms with E-state index in [0.717, 1.165) is 5.52 Å². The number of benzene rings is 1. The fourth-order valence-corrected chi connectivity index (χ4v) is 2.09. The third-order valence-corrected chi connectivity index (χ3v) is 3.52. The first-order valence-corrected chi connectivity index (χ1v) is 6.14. The molecular weight excluding hydrogens is 204 g/mol. The second kappa shape index (κ2) is 4.19. The molecule has 0 aliphatic carbocycles. The fraction of sp³-hybridized carbons (Fsp3) is 0.417. The van der Waals surface area contributed by atoms with Gasteiger partial charge < -0.3 is 5.32 Å². The van der Waals surface area contributed by atoms with Crippen molar-refractivity contribution in [2.45, 2.75) is 26.8 Å². The highest BCUT2D eigenvalue weighted by Gasteiger charge is 2.06. The molecule has 1 N–H and O–H groups in total. The lowest BCUT2D eigenvalue weighted by atomic mass is 10.1. The molecule has 1 aromatic heterocycles. The molecule has 3 heteroatoms. The maximum absolute atomic E-state index is 4.26. The number of hydrogen-bond acceptors (Lipinski definition) is 3. The fourth-order valence-electron chi connectivity index (χ4n) is 1.37. The van der Waals surface area contributed by atoms with Crippen LogP contribution in [-0.4, -0.2) is 11.0 Å². The molecule has 1 heterocycles. The Morgan fingerprint density at radius 1 is 1.27 bits per heavy atom. The van der Waals surface area contributed by atoms with Crippen molar-refractivity contribution < 1.29 is 0 Å². The lowest BCUT2D eigenvalue weighted by molar-refractivity contribution is 0.560. The predicted molar refractivity (Wildman–Crippen MR) is 67.5 cm³/mol. The van der Waals surface area contributed by atoms with Gasteiger partial charge in [0.15, 0.2) is 0 Å². The molecule has 80 valence electrons. The average molecular weight is 220 g/mol. The Labute approximate surface area is 94.3 Å². The highest BCUT2D eigenvalue weighted by Crippen LogP contribution is 2.22. The van der Waals surface area contributed by atoms with Crippen LogP contribution in [0.15, 0.2) is 23.7 Å². The summed E-state index contributed by atoms with van der Waals surface area (Å²) in [7, 11) is 0. The van der Waals surface area contributed by atoms with Gasteiger partial charge in [0, 0.05) is 11.7 Å². The summed E-state index contributed by atoms with van der Waals surface area (Å²) < 4.78 is 1.25. The first kappa shape index (κ1) is 10.4. The molecule has 0 aliphatic rings. The predicted octanol–water partition coefficient (Wildman–Crippen LogP) is 3.75. The summed E-state index contributed by atoms with van der Waals surface area (Å²) in [6.07, 6.45) is 0. The molecule has 0 radical (unpaired) electrons. The number of nitrogens with one attached hydrogen (secondary N) is 1. The summed E-state index contributed by atoms with van der Waals surface area (Å²) in [4.78, 5) is 4.26. The number of thiazole rings is 1. The molecule has 2 aromatic rings.